The van der Waals surface area contributed by atoms with Crippen LogP contribution in [0, 0.1) is 5.92 Å². The summed E-state index contributed by atoms with van der Waals surface area (Å²) in [6.07, 6.45) is 5.34. The number of anilines is 1. The topological polar surface area (TPSA) is 50.7 Å². The first-order valence-corrected chi connectivity index (χ1v) is 8.88. The Bertz CT molecular complexity index is 712. The maximum absolute atomic E-state index is 5.45. The van der Waals surface area contributed by atoms with Crippen molar-refractivity contribution in [2.75, 3.05) is 52.8 Å². The average Bonchev–Trinajstić information content (AvgIpc) is 2.65. The Balaban J connectivity index is 1.80. The van der Waals surface area contributed by atoms with Crippen LogP contribution in [-0.4, -0.2) is 62.8 Å². The van der Waals surface area contributed by atoms with Crippen molar-refractivity contribution >= 4 is 16.7 Å². The smallest absolute Gasteiger partial charge is 0.162 e. The number of hydrogen-bond donors (Lipinski definition) is 0. The molecule has 2 heterocycles. The van der Waals surface area contributed by atoms with Gasteiger partial charge in [0, 0.05) is 24.5 Å². The maximum Gasteiger partial charge on any atom is 0.162 e. The quantitative estimate of drug-likeness (QED) is 0.803. The monoisotopic (exact) mass is 344 g/mol. The van der Waals surface area contributed by atoms with Gasteiger partial charge in [0.1, 0.15) is 12.1 Å². The van der Waals surface area contributed by atoms with Gasteiger partial charge in [-0.05, 0) is 51.9 Å². The van der Waals surface area contributed by atoms with Gasteiger partial charge in [-0.1, -0.05) is 0 Å². The highest BCUT2D eigenvalue weighted by molar-refractivity contribution is 5.92. The molecule has 1 aliphatic heterocycles. The van der Waals surface area contributed by atoms with E-state index in [2.05, 4.69) is 33.9 Å². The van der Waals surface area contributed by atoms with Crippen molar-refractivity contribution in [1.82, 2.24) is 14.9 Å². The molecule has 1 saturated heterocycles. The Morgan fingerprint density at radius 2 is 1.76 bits per heavy atom. The zero-order chi connectivity index (χ0) is 17.8. The normalized spacial score (nSPS) is 15.8. The van der Waals surface area contributed by atoms with Crippen LogP contribution in [0.3, 0.4) is 0 Å². The van der Waals surface area contributed by atoms with Gasteiger partial charge in [0.25, 0.3) is 0 Å². The molecule has 0 saturated carbocycles. The van der Waals surface area contributed by atoms with Crippen LogP contribution in [0.4, 0.5) is 5.82 Å². The molecule has 136 valence electrons. The highest BCUT2D eigenvalue weighted by Crippen LogP contribution is 2.35. The predicted molar refractivity (Wildman–Crippen MR) is 101 cm³/mol. The van der Waals surface area contributed by atoms with Crippen LogP contribution >= 0.6 is 0 Å². The zero-order valence-electron chi connectivity index (χ0n) is 15.7. The fourth-order valence-corrected chi connectivity index (χ4v) is 3.50. The lowest BCUT2D eigenvalue weighted by atomic mass is 9.93. The number of ether oxygens (including phenoxy) is 2. The van der Waals surface area contributed by atoms with Crippen LogP contribution in [0.25, 0.3) is 10.9 Å². The molecule has 0 aliphatic carbocycles. The van der Waals surface area contributed by atoms with E-state index in [9.17, 15) is 0 Å². The Labute approximate surface area is 149 Å². The first-order valence-electron chi connectivity index (χ1n) is 8.88. The van der Waals surface area contributed by atoms with E-state index in [0.717, 1.165) is 42.3 Å². The molecule has 0 N–H and O–H groups in total. The number of benzene rings is 1. The summed E-state index contributed by atoms with van der Waals surface area (Å²) >= 11 is 0. The summed E-state index contributed by atoms with van der Waals surface area (Å²) in [5.41, 5.74) is 0.886. The van der Waals surface area contributed by atoms with Gasteiger partial charge in [-0.25, -0.2) is 9.97 Å². The predicted octanol–water partition coefficient (Wildman–Crippen LogP) is 2.82. The lowest BCUT2D eigenvalue weighted by Gasteiger charge is -2.33. The van der Waals surface area contributed by atoms with Gasteiger partial charge < -0.3 is 19.3 Å². The molecule has 3 rings (SSSR count). The molecule has 1 fully saturated rings. The molecule has 1 aromatic carbocycles. The first kappa shape index (κ1) is 17.7. The molecule has 1 aromatic heterocycles. The van der Waals surface area contributed by atoms with Crippen LogP contribution in [0.2, 0.25) is 0 Å². The van der Waals surface area contributed by atoms with Gasteiger partial charge in [-0.2, -0.15) is 0 Å². The lowest BCUT2D eigenvalue weighted by molar-refractivity contribution is 0.313. The molecule has 0 bridgehead atoms. The molecule has 0 radical (unpaired) electrons. The summed E-state index contributed by atoms with van der Waals surface area (Å²) in [6.45, 7) is 3.25. The highest BCUT2D eigenvalue weighted by Gasteiger charge is 2.22. The molecule has 0 unspecified atom stereocenters. The molecule has 25 heavy (non-hydrogen) atoms. The number of hydrogen-bond acceptors (Lipinski definition) is 6. The third kappa shape index (κ3) is 3.95. The Morgan fingerprint density at radius 3 is 2.40 bits per heavy atom. The summed E-state index contributed by atoms with van der Waals surface area (Å²) in [5, 5.41) is 1.02. The molecular formula is C19H28N4O2. The number of aromatic nitrogens is 2. The second-order valence-corrected chi connectivity index (χ2v) is 6.94. The van der Waals surface area contributed by atoms with E-state index < -0.39 is 0 Å². The second-order valence-electron chi connectivity index (χ2n) is 6.94. The van der Waals surface area contributed by atoms with E-state index in [1.165, 1.54) is 19.3 Å². The summed E-state index contributed by atoms with van der Waals surface area (Å²) in [5.74, 6) is 3.22. The van der Waals surface area contributed by atoms with Gasteiger partial charge in [-0.15, -0.1) is 0 Å². The van der Waals surface area contributed by atoms with E-state index in [1.807, 2.05) is 12.1 Å². The number of methoxy groups -OCH3 is 2. The molecule has 2 aromatic rings. The van der Waals surface area contributed by atoms with Crippen LogP contribution in [0.15, 0.2) is 18.5 Å². The fourth-order valence-electron chi connectivity index (χ4n) is 3.50. The summed E-state index contributed by atoms with van der Waals surface area (Å²) in [6, 6.07) is 3.91. The minimum absolute atomic E-state index is 0.696. The average molecular weight is 344 g/mol. The van der Waals surface area contributed by atoms with E-state index in [1.54, 1.807) is 20.5 Å². The molecular weight excluding hydrogens is 316 g/mol. The Kier molecular flexibility index (Phi) is 5.58. The van der Waals surface area contributed by atoms with E-state index in [4.69, 9.17) is 9.47 Å². The van der Waals surface area contributed by atoms with Crippen molar-refractivity contribution in [1.29, 1.82) is 0 Å². The third-order valence-electron chi connectivity index (χ3n) is 5.02. The number of nitrogens with zero attached hydrogens (tertiary/aromatic N) is 4. The molecule has 1 aliphatic rings. The number of piperidine rings is 1. The minimum atomic E-state index is 0.696. The van der Waals surface area contributed by atoms with Crippen LogP contribution in [0.5, 0.6) is 11.5 Å². The lowest BCUT2D eigenvalue weighted by Crippen LogP contribution is -2.35. The van der Waals surface area contributed by atoms with E-state index in [0.29, 0.717) is 11.5 Å². The minimum Gasteiger partial charge on any atom is -0.493 e. The van der Waals surface area contributed by atoms with Gasteiger partial charge in [-0.3, -0.25) is 0 Å². The highest BCUT2D eigenvalue weighted by atomic mass is 16.5. The van der Waals surface area contributed by atoms with Crippen molar-refractivity contribution in [2.45, 2.75) is 19.3 Å². The Hall–Kier alpha value is -2.08. The van der Waals surface area contributed by atoms with Crippen LogP contribution in [-0.2, 0) is 0 Å². The standard InChI is InChI=1S/C19H28N4O2/c1-22(2)8-5-14-6-9-23(10-7-14)19-15-11-17(24-3)18(25-4)12-16(15)20-13-21-19/h11-14H,5-10H2,1-4H3. The van der Waals surface area contributed by atoms with Gasteiger partial charge in [0.05, 0.1) is 19.7 Å². The van der Waals surface area contributed by atoms with Crippen molar-refractivity contribution in [3.8, 4) is 11.5 Å². The molecule has 0 amide bonds. The van der Waals surface area contributed by atoms with Crippen molar-refractivity contribution in [3.63, 3.8) is 0 Å². The number of rotatable bonds is 6. The fraction of sp³-hybridized carbons (Fsp3) is 0.579. The Morgan fingerprint density at radius 1 is 1.08 bits per heavy atom. The summed E-state index contributed by atoms with van der Waals surface area (Å²) in [4.78, 5) is 13.6. The zero-order valence-corrected chi connectivity index (χ0v) is 15.7. The summed E-state index contributed by atoms with van der Waals surface area (Å²) in [7, 11) is 7.58. The molecule has 0 spiro atoms. The molecule has 6 nitrogen and oxygen atoms in total. The second kappa shape index (κ2) is 7.87. The van der Waals surface area contributed by atoms with E-state index in [-0.39, 0.29) is 0 Å². The van der Waals surface area contributed by atoms with Crippen molar-refractivity contribution in [2.24, 2.45) is 5.92 Å². The van der Waals surface area contributed by atoms with Crippen LogP contribution < -0.4 is 14.4 Å². The van der Waals surface area contributed by atoms with Crippen molar-refractivity contribution < 1.29 is 9.47 Å². The first-order chi connectivity index (χ1) is 12.1. The largest absolute Gasteiger partial charge is 0.493 e. The van der Waals surface area contributed by atoms with Crippen LogP contribution in [0.1, 0.15) is 19.3 Å². The van der Waals surface area contributed by atoms with E-state index >= 15 is 0 Å². The van der Waals surface area contributed by atoms with Crippen molar-refractivity contribution in [3.05, 3.63) is 18.5 Å². The molecule has 0 atom stereocenters. The van der Waals surface area contributed by atoms with Gasteiger partial charge in [0.2, 0.25) is 0 Å². The van der Waals surface area contributed by atoms with Gasteiger partial charge in [0.15, 0.2) is 11.5 Å². The SMILES string of the molecule is COc1cc2ncnc(N3CCC(CCN(C)C)CC3)c2cc1OC. The van der Waals surface area contributed by atoms with Gasteiger partial charge >= 0.3 is 0 Å². The summed E-state index contributed by atoms with van der Waals surface area (Å²) < 4.78 is 10.8. The number of fused-ring (bicyclic) bond motifs is 1. The third-order valence-corrected chi connectivity index (χ3v) is 5.02. The molecule has 6 heteroatoms. The maximum atomic E-state index is 5.45.